The molecule has 0 unspecified atom stereocenters. The lowest BCUT2D eigenvalue weighted by molar-refractivity contribution is 0.0734. The lowest BCUT2D eigenvalue weighted by Gasteiger charge is -2.16. The van der Waals surface area contributed by atoms with Crippen LogP contribution in [-0.4, -0.2) is 26.4 Å². The van der Waals surface area contributed by atoms with E-state index in [9.17, 15) is 14.4 Å². The van der Waals surface area contributed by atoms with Crippen LogP contribution in [0, 0.1) is 13.8 Å². The van der Waals surface area contributed by atoms with Crippen molar-refractivity contribution in [1.29, 1.82) is 0 Å². The van der Waals surface area contributed by atoms with Gasteiger partial charge in [0.1, 0.15) is 5.75 Å². The monoisotopic (exact) mass is 474 g/mol. The summed E-state index contributed by atoms with van der Waals surface area (Å²) in [5, 5.41) is 11.2. The lowest BCUT2D eigenvalue weighted by Crippen LogP contribution is -2.20. The molecular formula is C22H20Cl2N4O4. The fourth-order valence-electron chi connectivity index (χ4n) is 3.59. The molecule has 0 radical (unpaired) electrons. The number of ether oxygens (including phenoxy) is 1. The molecule has 2 aromatic heterocycles. The van der Waals surface area contributed by atoms with Crippen molar-refractivity contribution in [1.82, 2.24) is 20.4 Å². The van der Waals surface area contributed by atoms with Crippen LogP contribution < -0.4 is 15.9 Å². The number of carbonyl (C=O) groups is 1. The van der Waals surface area contributed by atoms with Gasteiger partial charge in [-0.25, -0.2) is 4.79 Å². The van der Waals surface area contributed by atoms with Crippen molar-refractivity contribution in [3.05, 3.63) is 108 Å². The molecule has 0 amide bonds. The van der Waals surface area contributed by atoms with E-state index in [-0.39, 0.29) is 23.5 Å². The minimum atomic E-state index is -0.609. The average molecular weight is 475 g/mol. The van der Waals surface area contributed by atoms with Crippen molar-refractivity contribution in [3.8, 4) is 5.75 Å². The molecule has 8 nitrogen and oxygen atoms in total. The largest absolute Gasteiger partial charge is 0.423 e. The minimum Gasteiger partial charge on any atom is -0.423 e. The summed E-state index contributed by atoms with van der Waals surface area (Å²) in [5.74, 6) is -0.822. The Morgan fingerprint density at radius 2 is 1.44 bits per heavy atom. The molecular weight excluding hydrogens is 455 g/mol. The second kappa shape index (κ2) is 9.33. The Kier molecular flexibility index (Phi) is 6.76. The molecule has 32 heavy (non-hydrogen) atoms. The number of hydrogen-bond acceptors (Lipinski definition) is 4. The van der Waals surface area contributed by atoms with Crippen LogP contribution in [0.1, 0.15) is 44.4 Å². The van der Waals surface area contributed by atoms with Crippen molar-refractivity contribution < 1.29 is 9.53 Å². The first-order valence-corrected chi connectivity index (χ1v) is 9.85. The van der Waals surface area contributed by atoms with Crippen LogP contribution >= 0.6 is 24.0 Å². The van der Waals surface area contributed by atoms with Crippen LogP contribution in [-0.2, 0) is 0 Å². The number of aromatic amines is 4. The molecule has 0 aliphatic heterocycles. The van der Waals surface area contributed by atoms with Gasteiger partial charge in [-0.05, 0) is 49.7 Å². The third-order valence-electron chi connectivity index (χ3n) is 5.09. The molecule has 4 rings (SSSR count). The molecule has 0 aliphatic carbocycles. The smallest absolute Gasteiger partial charge is 0.343 e. The van der Waals surface area contributed by atoms with E-state index in [1.165, 1.54) is 6.07 Å². The molecule has 0 bridgehead atoms. The predicted molar refractivity (Wildman–Crippen MR) is 123 cm³/mol. The molecule has 0 spiro atoms. The van der Waals surface area contributed by atoms with E-state index in [0.29, 0.717) is 44.4 Å². The Morgan fingerprint density at radius 1 is 0.875 bits per heavy atom. The van der Waals surface area contributed by atoms with E-state index in [2.05, 4.69) is 20.4 Å². The SMILES string of the molecule is Cc1[nH][nH]c(=O)c1C(c1ccc(OC(=O)c2cccc(Cl)c2)cc1)c1c(C)[nH][nH]c1=O.Cl. The topological polar surface area (TPSA) is 124 Å². The van der Waals surface area contributed by atoms with Crippen molar-refractivity contribution in [2.24, 2.45) is 0 Å². The Hall–Kier alpha value is -3.49. The summed E-state index contributed by atoms with van der Waals surface area (Å²) in [4.78, 5) is 37.3. The van der Waals surface area contributed by atoms with Crippen LogP contribution in [0.4, 0.5) is 0 Å². The number of nitrogens with one attached hydrogen (secondary N) is 4. The van der Waals surface area contributed by atoms with Gasteiger partial charge in [0.15, 0.2) is 0 Å². The lowest BCUT2D eigenvalue weighted by atomic mass is 9.85. The van der Waals surface area contributed by atoms with Crippen molar-refractivity contribution >= 4 is 30.0 Å². The fourth-order valence-corrected chi connectivity index (χ4v) is 3.78. The van der Waals surface area contributed by atoms with Gasteiger partial charge < -0.3 is 14.9 Å². The third kappa shape index (κ3) is 4.42. The van der Waals surface area contributed by atoms with Crippen LogP contribution in [0.5, 0.6) is 5.75 Å². The first-order chi connectivity index (χ1) is 14.8. The van der Waals surface area contributed by atoms with Crippen LogP contribution in [0.3, 0.4) is 0 Å². The molecule has 4 aromatic rings. The maximum atomic E-state index is 12.5. The van der Waals surface area contributed by atoms with Gasteiger partial charge in [-0.3, -0.25) is 19.8 Å². The summed E-state index contributed by atoms with van der Waals surface area (Å²) in [6, 6.07) is 13.2. The quantitative estimate of drug-likeness (QED) is 0.259. The molecule has 0 saturated heterocycles. The summed E-state index contributed by atoms with van der Waals surface area (Å²) in [5.41, 5.74) is 2.56. The van der Waals surface area contributed by atoms with Gasteiger partial charge in [-0.2, -0.15) is 0 Å². The maximum absolute atomic E-state index is 12.5. The summed E-state index contributed by atoms with van der Waals surface area (Å²) in [7, 11) is 0. The van der Waals surface area contributed by atoms with Crippen LogP contribution in [0.15, 0.2) is 58.1 Å². The number of halogens is 2. The number of esters is 1. The molecule has 2 aromatic carbocycles. The minimum absolute atomic E-state index is 0. The van der Waals surface area contributed by atoms with Gasteiger partial charge in [0.25, 0.3) is 11.1 Å². The second-order valence-corrected chi connectivity index (χ2v) is 7.57. The molecule has 0 aliphatic rings. The van der Waals surface area contributed by atoms with Crippen molar-refractivity contribution in [3.63, 3.8) is 0 Å². The van der Waals surface area contributed by atoms with E-state index in [0.717, 1.165) is 0 Å². The van der Waals surface area contributed by atoms with Crippen molar-refractivity contribution in [2.75, 3.05) is 0 Å². The Bertz CT molecular complexity index is 1310. The van der Waals surface area contributed by atoms with Gasteiger partial charge in [-0.15, -0.1) is 12.4 Å². The standard InChI is InChI=1S/C22H19ClN4O4.ClH/c1-11-17(20(28)26-24-11)19(18-12(2)25-27-21(18)29)13-6-8-16(9-7-13)31-22(30)14-4-3-5-15(23)10-14;/h3-10,19H,1-2H3,(H2,24,26,28)(H2,25,27,29);1H. The van der Waals surface area contributed by atoms with Gasteiger partial charge in [-0.1, -0.05) is 29.8 Å². The van der Waals surface area contributed by atoms with Crippen molar-refractivity contribution in [2.45, 2.75) is 19.8 Å². The Morgan fingerprint density at radius 3 is 1.91 bits per heavy atom. The van der Waals surface area contributed by atoms with Gasteiger partial charge in [0, 0.05) is 22.3 Å². The van der Waals surface area contributed by atoms with E-state index in [1.807, 2.05) is 0 Å². The number of benzene rings is 2. The zero-order valence-electron chi connectivity index (χ0n) is 17.1. The molecule has 166 valence electrons. The van der Waals surface area contributed by atoms with Gasteiger partial charge in [0.2, 0.25) is 0 Å². The van der Waals surface area contributed by atoms with Crippen LogP contribution in [0.2, 0.25) is 5.02 Å². The second-order valence-electron chi connectivity index (χ2n) is 7.14. The number of carbonyl (C=O) groups excluding carboxylic acids is 1. The highest BCUT2D eigenvalue weighted by molar-refractivity contribution is 6.30. The highest BCUT2D eigenvalue weighted by Crippen LogP contribution is 2.32. The molecule has 4 N–H and O–H groups in total. The third-order valence-corrected chi connectivity index (χ3v) is 5.32. The number of rotatable bonds is 5. The van der Waals surface area contributed by atoms with E-state index in [1.54, 1.807) is 56.3 Å². The summed E-state index contributed by atoms with van der Waals surface area (Å²) in [6.45, 7) is 3.52. The molecule has 0 atom stereocenters. The maximum Gasteiger partial charge on any atom is 0.343 e. The first-order valence-electron chi connectivity index (χ1n) is 9.47. The predicted octanol–water partition coefficient (Wildman–Crippen LogP) is 3.81. The normalized spacial score (nSPS) is 10.8. The number of H-pyrrole nitrogens is 4. The zero-order chi connectivity index (χ0) is 22.1. The van der Waals surface area contributed by atoms with E-state index >= 15 is 0 Å². The summed E-state index contributed by atoms with van der Waals surface area (Å²) in [6.07, 6.45) is 0. The average Bonchev–Trinajstić information content (AvgIpc) is 3.25. The highest BCUT2D eigenvalue weighted by Gasteiger charge is 2.28. The zero-order valence-corrected chi connectivity index (χ0v) is 18.7. The van der Waals surface area contributed by atoms with Gasteiger partial charge >= 0.3 is 5.97 Å². The van der Waals surface area contributed by atoms with Crippen LogP contribution in [0.25, 0.3) is 0 Å². The first kappa shape index (κ1) is 23.2. The molecule has 10 heteroatoms. The number of hydrogen-bond donors (Lipinski definition) is 4. The summed E-state index contributed by atoms with van der Waals surface area (Å²) >= 11 is 5.93. The molecule has 0 fully saturated rings. The van der Waals surface area contributed by atoms with E-state index in [4.69, 9.17) is 16.3 Å². The Labute approximate surface area is 193 Å². The van der Waals surface area contributed by atoms with Gasteiger partial charge in [0.05, 0.1) is 16.7 Å². The number of aromatic nitrogens is 4. The molecule has 2 heterocycles. The fraction of sp³-hybridized carbons (Fsp3) is 0.136. The molecule has 0 saturated carbocycles. The highest BCUT2D eigenvalue weighted by atomic mass is 35.5. The summed E-state index contributed by atoms with van der Waals surface area (Å²) < 4.78 is 5.42. The van der Waals surface area contributed by atoms with E-state index < -0.39 is 11.9 Å². The number of aryl methyl sites for hydroxylation is 2. The Balaban J connectivity index is 0.00000289.